The van der Waals surface area contributed by atoms with Crippen LogP contribution >= 0.6 is 11.6 Å². The minimum atomic E-state index is -1.14. The van der Waals surface area contributed by atoms with Crippen LogP contribution in [0.15, 0.2) is 36.4 Å². The van der Waals surface area contributed by atoms with Crippen molar-refractivity contribution in [2.45, 2.75) is 39.5 Å². The van der Waals surface area contributed by atoms with E-state index in [1.54, 1.807) is 24.3 Å². The predicted octanol–water partition coefficient (Wildman–Crippen LogP) is 2.50. The Labute approximate surface area is 163 Å². The molecule has 0 saturated carbocycles. The number of primary amides is 1. The largest absolute Gasteiger partial charge is 0.489 e. The standard InChI is InChI=1S/C20H23ClN2O4/c1-11-8-16(9-12(2)17(11)21)27-10-14-4-6-15(7-5-14)20(26)23-18(13(3)24)19(22)25/h4-9,13,18,24H,10H2,1-3H3,(H2,22,25)(H,23,26). The summed E-state index contributed by atoms with van der Waals surface area (Å²) >= 11 is 6.15. The van der Waals surface area contributed by atoms with Crippen molar-refractivity contribution in [2.75, 3.05) is 0 Å². The minimum absolute atomic E-state index is 0.333. The summed E-state index contributed by atoms with van der Waals surface area (Å²) in [5, 5.41) is 12.7. The molecule has 0 radical (unpaired) electrons. The summed E-state index contributed by atoms with van der Waals surface area (Å²) < 4.78 is 5.78. The lowest BCUT2D eigenvalue weighted by Gasteiger charge is -2.18. The first-order chi connectivity index (χ1) is 12.7. The summed E-state index contributed by atoms with van der Waals surface area (Å²) in [7, 11) is 0. The number of carbonyl (C=O) groups is 2. The molecule has 2 aromatic carbocycles. The Kier molecular flexibility index (Phi) is 6.82. The second kappa shape index (κ2) is 8.88. The van der Waals surface area contributed by atoms with Crippen molar-refractivity contribution in [3.8, 4) is 5.75 Å². The number of aliphatic hydroxyl groups is 1. The lowest BCUT2D eigenvalue weighted by Crippen LogP contribution is -2.50. The van der Waals surface area contributed by atoms with Gasteiger partial charge in [0.25, 0.3) is 5.91 Å². The molecule has 2 amide bonds. The van der Waals surface area contributed by atoms with Gasteiger partial charge in [-0.3, -0.25) is 9.59 Å². The first-order valence-corrected chi connectivity index (χ1v) is 8.83. The lowest BCUT2D eigenvalue weighted by molar-refractivity contribution is -0.122. The maximum atomic E-state index is 12.2. The van der Waals surface area contributed by atoms with Crippen LogP contribution in [0.5, 0.6) is 5.75 Å². The average molecular weight is 391 g/mol. The van der Waals surface area contributed by atoms with Crippen LogP contribution in [0.25, 0.3) is 0 Å². The molecule has 6 nitrogen and oxygen atoms in total. The number of amides is 2. The molecule has 0 bridgehead atoms. The zero-order chi connectivity index (χ0) is 20.1. The summed E-state index contributed by atoms with van der Waals surface area (Å²) in [6.45, 7) is 5.56. The second-order valence-corrected chi connectivity index (χ2v) is 6.83. The van der Waals surface area contributed by atoms with Crippen LogP contribution in [-0.4, -0.2) is 29.1 Å². The minimum Gasteiger partial charge on any atom is -0.489 e. The molecule has 0 aliphatic rings. The quantitative estimate of drug-likeness (QED) is 0.676. The Morgan fingerprint density at radius 3 is 2.22 bits per heavy atom. The van der Waals surface area contributed by atoms with Gasteiger partial charge in [0.1, 0.15) is 18.4 Å². The van der Waals surface area contributed by atoms with E-state index in [9.17, 15) is 14.7 Å². The van der Waals surface area contributed by atoms with Crippen molar-refractivity contribution < 1.29 is 19.4 Å². The molecule has 2 unspecified atom stereocenters. The summed E-state index contributed by atoms with van der Waals surface area (Å²) in [5.41, 5.74) is 8.29. The van der Waals surface area contributed by atoms with E-state index in [0.717, 1.165) is 27.5 Å². The third-order valence-corrected chi connectivity index (χ3v) is 4.70. The Balaban J connectivity index is 2.00. The van der Waals surface area contributed by atoms with Crippen LogP contribution in [0, 0.1) is 13.8 Å². The van der Waals surface area contributed by atoms with Gasteiger partial charge in [0.05, 0.1) is 6.10 Å². The Hall–Kier alpha value is -2.57. The SMILES string of the molecule is Cc1cc(OCc2ccc(C(=O)NC(C(N)=O)C(C)O)cc2)cc(C)c1Cl. The van der Waals surface area contributed by atoms with E-state index in [-0.39, 0.29) is 0 Å². The van der Waals surface area contributed by atoms with Crippen LogP contribution < -0.4 is 15.8 Å². The fourth-order valence-electron chi connectivity index (χ4n) is 2.56. The lowest BCUT2D eigenvalue weighted by atomic mass is 10.1. The van der Waals surface area contributed by atoms with Gasteiger partial charge in [0.15, 0.2) is 0 Å². The van der Waals surface area contributed by atoms with Gasteiger partial charge >= 0.3 is 0 Å². The Morgan fingerprint density at radius 2 is 1.74 bits per heavy atom. The molecule has 4 N–H and O–H groups in total. The third-order valence-electron chi connectivity index (χ3n) is 4.11. The molecule has 0 heterocycles. The molecule has 7 heteroatoms. The van der Waals surface area contributed by atoms with E-state index in [1.165, 1.54) is 6.92 Å². The van der Waals surface area contributed by atoms with E-state index >= 15 is 0 Å². The number of aliphatic hydroxyl groups excluding tert-OH is 1. The molecule has 27 heavy (non-hydrogen) atoms. The van der Waals surface area contributed by atoms with Crippen molar-refractivity contribution in [3.05, 3.63) is 63.7 Å². The van der Waals surface area contributed by atoms with Gasteiger partial charge < -0.3 is 20.9 Å². The molecule has 0 aliphatic carbocycles. The molecule has 2 rings (SSSR count). The van der Waals surface area contributed by atoms with Gasteiger partial charge in [-0.05, 0) is 61.7 Å². The zero-order valence-electron chi connectivity index (χ0n) is 15.5. The van der Waals surface area contributed by atoms with E-state index < -0.39 is 24.0 Å². The van der Waals surface area contributed by atoms with Crippen LogP contribution in [0.4, 0.5) is 0 Å². The second-order valence-electron chi connectivity index (χ2n) is 6.45. The molecule has 0 aromatic heterocycles. The molecule has 0 spiro atoms. The molecule has 2 aromatic rings. The number of halogens is 1. The normalized spacial score (nSPS) is 12.9. The average Bonchev–Trinajstić information content (AvgIpc) is 2.62. The van der Waals surface area contributed by atoms with Gasteiger partial charge in [-0.2, -0.15) is 0 Å². The van der Waals surface area contributed by atoms with Crippen LogP contribution in [0.3, 0.4) is 0 Å². The number of aryl methyl sites for hydroxylation is 2. The summed E-state index contributed by atoms with van der Waals surface area (Å²) in [6, 6.07) is 9.35. The molecule has 0 saturated heterocycles. The fourth-order valence-corrected chi connectivity index (χ4v) is 2.67. The highest BCUT2D eigenvalue weighted by Gasteiger charge is 2.23. The van der Waals surface area contributed by atoms with Crippen LogP contribution in [0.2, 0.25) is 5.02 Å². The summed E-state index contributed by atoms with van der Waals surface area (Å²) in [5.74, 6) is -0.564. The highest BCUT2D eigenvalue weighted by molar-refractivity contribution is 6.32. The van der Waals surface area contributed by atoms with Gasteiger partial charge in [-0.25, -0.2) is 0 Å². The fraction of sp³-hybridized carbons (Fsp3) is 0.300. The van der Waals surface area contributed by atoms with Crippen molar-refractivity contribution in [1.82, 2.24) is 5.32 Å². The number of benzene rings is 2. The van der Waals surface area contributed by atoms with Crippen molar-refractivity contribution in [3.63, 3.8) is 0 Å². The third kappa shape index (κ3) is 5.45. The van der Waals surface area contributed by atoms with E-state index in [2.05, 4.69) is 5.32 Å². The number of nitrogens with two attached hydrogens (primary N) is 1. The first-order valence-electron chi connectivity index (χ1n) is 8.45. The number of nitrogens with one attached hydrogen (secondary N) is 1. The molecule has 2 atom stereocenters. The Bertz CT molecular complexity index is 811. The van der Waals surface area contributed by atoms with Crippen molar-refractivity contribution in [1.29, 1.82) is 0 Å². The Morgan fingerprint density at radius 1 is 1.19 bits per heavy atom. The van der Waals surface area contributed by atoms with Gasteiger partial charge in [0, 0.05) is 10.6 Å². The van der Waals surface area contributed by atoms with E-state index in [0.29, 0.717) is 12.2 Å². The maximum Gasteiger partial charge on any atom is 0.252 e. The smallest absolute Gasteiger partial charge is 0.252 e. The summed E-state index contributed by atoms with van der Waals surface area (Å²) in [6.07, 6.45) is -1.08. The highest BCUT2D eigenvalue weighted by atomic mass is 35.5. The number of rotatable bonds is 7. The van der Waals surface area contributed by atoms with Crippen molar-refractivity contribution >= 4 is 23.4 Å². The molecule has 144 valence electrons. The van der Waals surface area contributed by atoms with Crippen LogP contribution in [0.1, 0.15) is 34.0 Å². The van der Waals surface area contributed by atoms with Gasteiger partial charge in [-0.15, -0.1) is 0 Å². The first kappa shape index (κ1) is 20.7. The van der Waals surface area contributed by atoms with Gasteiger partial charge in [-0.1, -0.05) is 23.7 Å². The number of carbonyl (C=O) groups excluding carboxylic acids is 2. The number of hydrogen-bond acceptors (Lipinski definition) is 4. The molecular formula is C20H23ClN2O4. The molecule has 0 fully saturated rings. The van der Waals surface area contributed by atoms with Crippen LogP contribution in [-0.2, 0) is 11.4 Å². The number of ether oxygens (including phenoxy) is 1. The predicted molar refractivity (Wildman–Crippen MR) is 104 cm³/mol. The zero-order valence-corrected chi connectivity index (χ0v) is 16.2. The summed E-state index contributed by atoms with van der Waals surface area (Å²) in [4.78, 5) is 23.5. The van der Waals surface area contributed by atoms with Crippen molar-refractivity contribution in [2.24, 2.45) is 5.73 Å². The number of hydrogen-bond donors (Lipinski definition) is 3. The maximum absolute atomic E-state index is 12.2. The molecule has 0 aliphatic heterocycles. The topological polar surface area (TPSA) is 102 Å². The highest BCUT2D eigenvalue weighted by Crippen LogP contribution is 2.26. The molecular weight excluding hydrogens is 368 g/mol. The van der Waals surface area contributed by atoms with E-state index in [1.807, 2.05) is 26.0 Å². The monoisotopic (exact) mass is 390 g/mol. The van der Waals surface area contributed by atoms with E-state index in [4.69, 9.17) is 22.1 Å². The van der Waals surface area contributed by atoms with Gasteiger partial charge in [0.2, 0.25) is 5.91 Å².